The highest BCUT2D eigenvalue weighted by atomic mass is 16.5. The van der Waals surface area contributed by atoms with Crippen molar-refractivity contribution in [3.05, 3.63) is 12.2 Å². The monoisotopic (exact) mass is 254 g/mol. The van der Waals surface area contributed by atoms with Gasteiger partial charge in [0.05, 0.1) is 6.61 Å². The average molecular weight is 254 g/mol. The van der Waals surface area contributed by atoms with E-state index in [4.69, 9.17) is 4.74 Å². The molecule has 0 rings (SSSR count). The number of rotatable bonds is 12. The molecule has 0 spiro atoms. The van der Waals surface area contributed by atoms with Crippen molar-refractivity contribution in [2.45, 2.75) is 78.1 Å². The van der Waals surface area contributed by atoms with Crippen LogP contribution in [0.15, 0.2) is 12.2 Å². The number of hydrogen-bond acceptors (Lipinski definition) is 2. The number of unbranched alkanes of at least 4 members (excludes halogenated alkanes) is 7. The van der Waals surface area contributed by atoms with Crippen molar-refractivity contribution in [3.8, 4) is 0 Å². The molecule has 0 atom stereocenters. The first-order chi connectivity index (χ1) is 8.72. The van der Waals surface area contributed by atoms with E-state index in [1.54, 1.807) is 0 Å². The number of carbonyl (C=O) groups excluding carboxylic acids is 1. The van der Waals surface area contributed by atoms with Gasteiger partial charge >= 0.3 is 5.97 Å². The van der Waals surface area contributed by atoms with Crippen LogP contribution in [0.25, 0.3) is 0 Å². The highest BCUT2D eigenvalue weighted by Crippen LogP contribution is 2.11. The normalized spacial score (nSPS) is 10.3. The van der Waals surface area contributed by atoms with Crippen molar-refractivity contribution in [2.75, 3.05) is 6.61 Å². The highest BCUT2D eigenvalue weighted by Gasteiger charge is 2.07. The van der Waals surface area contributed by atoms with E-state index in [0.29, 0.717) is 12.2 Å². The summed E-state index contributed by atoms with van der Waals surface area (Å²) in [7, 11) is 0. The molecular formula is C16H30O2. The van der Waals surface area contributed by atoms with Crippen molar-refractivity contribution in [3.63, 3.8) is 0 Å². The summed E-state index contributed by atoms with van der Waals surface area (Å²) < 4.78 is 5.19. The molecule has 0 aromatic rings. The van der Waals surface area contributed by atoms with Gasteiger partial charge in [-0.05, 0) is 19.3 Å². The van der Waals surface area contributed by atoms with Crippen LogP contribution >= 0.6 is 0 Å². The lowest BCUT2D eigenvalue weighted by atomic mass is 10.1. The van der Waals surface area contributed by atoms with Crippen LogP contribution < -0.4 is 0 Å². The first-order valence-corrected chi connectivity index (χ1v) is 7.57. The van der Waals surface area contributed by atoms with Gasteiger partial charge in [-0.3, -0.25) is 0 Å². The molecular weight excluding hydrogens is 224 g/mol. The lowest BCUT2D eigenvalue weighted by Gasteiger charge is -2.07. The number of ether oxygens (including phenoxy) is 1. The molecule has 0 N–H and O–H groups in total. The summed E-state index contributed by atoms with van der Waals surface area (Å²) in [5, 5.41) is 0. The van der Waals surface area contributed by atoms with Crippen LogP contribution in [0.1, 0.15) is 78.1 Å². The van der Waals surface area contributed by atoms with Gasteiger partial charge in [-0.15, -0.1) is 0 Å². The minimum Gasteiger partial charge on any atom is -0.462 e. The topological polar surface area (TPSA) is 26.3 Å². The molecule has 0 radical (unpaired) electrons. The fourth-order valence-corrected chi connectivity index (χ4v) is 1.84. The first kappa shape index (κ1) is 17.2. The Hall–Kier alpha value is -0.790. The second kappa shape index (κ2) is 12.7. The van der Waals surface area contributed by atoms with Crippen molar-refractivity contribution in [2.24, 2.45) is 0 Å². The van der Waals surface area contributed by atoms with E-state index in [1.165, 1.54) is 38.5 Å². The van der Waals surface area contributed by atoms with Gasteiger partial charge in [-0.2, -0.15) is 0 Å². The number of esters is 1. The summed E-state index contributed by atoms with van der Waals surface area (Å²) in [6.07, 6.45) is 11.4. The maximum Gasteiger partial charge on any atom is 0.333 e. The Labute approximate surface area is 113 Å². The van der Waals surface area contributed by atoms with Crippen LogP contribution in [0.4, 0.5) is 0 Å². The van der Waals surface area contributed by atoms with Gasteiger partial charge in [0, 0.05) is 5.57 Å². The molecule has 0 heterocycles. The molecule has 0 saturated heterocycles. The van der Waals surface area contributed by atoms with E-state index in [2.05, 4.69) is 20.4 Å². The Morgan fingerprint density at radius 1 is 0.889 bits per heavy atom. The maximum atomic E-state index is 11.6. The summed E-state index contributed by atoms with van der Waals surface area (Å²) >= 11 is 0. The third kappa shape index (κ3) is 10.4. The molecule has 0 aliphatic rings. The Morgan fingerprint density at radius 2 is 1.44 bits per heavy atom. The van der Waals surface area contributed by atoms with Crippen LogP contribution in [-0.4, -0.2) is 12.6 Å². The molecule has 0 saturated carbocycles. The van der Waals surface area contributed by atoms with Crippen molar-refractivity contribution in [1.29, 1.82) is 0 Å². The van der Waals surface area contributed by atoms with Gasteiger partial charge in [-0.1, -0.05) is 65.4 Å². The minimum atomic E-state index is -0.193. The molecule has 18 heavy (non-hydrogen) atoms. The van der Waals surface area contributed by atoms with Crippen LogP contribution in [0, 0.1) is 0 Å². The summed E-state index contributed by atoms with van der Waals surface area (Å²) in [5.41, 5.74) is 0.641. The second-order valence-electron chi connectivity index (χ2n) is 4.96. The fraction of sp³-hybridized carbons (Fsp3) is 0.812. The van der Waals surface area contributed by atoms with E-state index in [0.717, 1.165) is 25.7 Å². The van der Waals surface area contributed by atoms with Gasteiger partial charge in [0.15, 0.2) is 0 Å². The number of hydrogen-bond donors (Lipinski definition) is 0. The third-order valence-corrected chi connectivity index (χ3v) is 3.10. The predicted molar refractivity (Wildman–Crippen MR) is 77.6 cm³/mol. The molecule has 0 fully saturated rings. The van der Waals surface area contributed by atoms with E-state index < -0.39 is 0 Å². The van der Waals surface area contributed by atoms with Gasteiger partial charge in [-0.25, -0.2) is 4.79 Å². The molecule has 0 unspecified atom stereocenters. The molecule has 0 bridgehead atoms. The standard InChI is InChI=1S/C16H30O2/c1-4-6-8-10-11-13-15(3)16(17)18-14-12-9-7-5-2/h3-14H2,1-2H3. The van der Waals surface area contributed by atoms with Crippen LogP contribution in [0.5, 0.6) is 0 Å². The van der Waals surface area contributed by atoms with E-state index in [1.807, 2.05) is 0 Å². The van der Waals surface area contributed by atoms with Crippen molar-refractivity contribution < 1.29 is 9.53 Å². The predicted octanol–water partition coefficient (Wildman–Crippen LogP) is 5.03. The van der Waals surface area contributed by atoms with Gasteiger partial charge in [0.25, 0.3) is 0 Å². The average Bonchev–Trinajstić information content (AvgIpc) is 2.37. The van der Waals surface area contributed by atoms with Gasteiger partial charge in [0.2, 0.25) is 0 Å². The molecule has 0 aromatic heterocycles. The first-order valence-electron chi connectivity index (χ1n) is 7.57. The maximum absolute atomic E-state index is 11.6. The molecule has 2 heteroatoms. The van der Waals surface area contributed by atoms with Crippen LogP contribution in [-0.2, 0) is 9.53 Å². The smallest absolute Gasteiger partial charge is 0.333 e. The molecule has 106 valence electrons. The minimum absolute atomic E-state index is 0.193. The zero-order valence-corrected chi connectivity index (χ0v) is 12.3. The Bertz CT molecular complexity index is 197. The lowest BCUT2D eigenvalue weighted by molar-refractivity contribution is -0.139. The zero-order valence-electron chi connectivity index (χ0n) is 12.3. The van der Waals surface area contributed by atoms with Crippen LogP contribution in [0.2, 0.25) is 0 Å². The number of carbonyl (C=O) groups is 1. The molecule has 0 aromatic carbocycles. The summed E-state index contributed by atoms with van der Waals surface area (Å²) in [5.74, 6) is -0.193. The third-order valence-electron chi connectivity index (χ3n) is 3.10. The van der Waals surface area contributed by atoms with Gasteiger partial charge < -0.3 is 4.74 Å². The highest BCUT2D eigenvalue weighted by molar-refractivity contribution is 5.87. The fourth-order valence-electron chi connectivity index (χ4n) is 1.84. The van der Waals surface area contributed by atoms with Crippen molar-refractivity contribution in [1.82, 2.24) is 0 Å². The van der Waals surface area contributed by atoms with E-state index >= 15 is 0 Å². The molecule has 0 aliphatic heterocycles. The molecule has 0 amide bonds. The zero-order chi connectivity index (χ0) is 13.6. The Kier molecular flexibility index (Phi) is 12.1. The second-order valence-corrected chi connectivity index (χ2v) is 4.96. The Balaban J connectivity index is 3.43. The summed E-state index contributed by atoms with van der Waals surface area (Å²) in [4.78, 5) is 11.6. The summed E-state index contributed by atoms with van der Waals surface area (Å²) in [6.45, 7) is 8.74. The SMILES string of the molecule is C=C(CCCCCCC)C(=O)OCCCCCC. The quantitative estimate of drug-likeness (QED) is 0.277. The lowest BCUT2D eigenvalue weighted by Crippen LogP contribution is -2.08. The Morgan fingerprint density at radius 3 is 2.06 bits per heavy atom. The molecule has 2 nitrogen and oxygen atoms in total. The van der Waals surface area contributed by atoms with Crippen LogP contribution in [0.3, 0.4) is 0 Å². The largest absolute Gasteiger partial charge is 0.462 e. The molecule has 0 aliphatic carbocycles. The van der Waals surface area contributed by atoms with Gasteiger partial charge in [0.1, 0.15) is 0 Å². The van der Waals surface area contributed by atoms with E-state index in [-0.39, 0.29) is 5.97 Å². The summed E-state index contributed by atoms with van der Waals surface area (Å²) in [6, 6.07) is 0. The van der Waals surface area contributed by atoms with E-state index in [9.17, 15) is 4.79 Å². The van der Waals surface area contributed by atoms with Crippen molar-refractivity contribution >= 4 is 5.97 Å².